The van der Waals surface area contributed by atoms with Crippen LogP contribution in [-0.4, -0.2) is 0 Å². The molecular formula is C35H42. The van der Waals surface area contributed by atoms with Gasteiger partial charge in [0.15, 0.2) is 0 Å². The Morgan fingerprint density at radius 1 is 0.457 bits per heavy atom. The van der Waals surface area contributed by atoms with Crippen LogP contribution in [0.15, 0.2) is 72.8 Å². The highest BCUT2D eigenvalue weighted by atomic mass is 14.3. The molecule has 3 saturated carbocycles. The van der Waals surface area contributed by atoms with Crippen LogP contribution < -0.4 is 0 Å². The summed E-state index contributed by atoms with van der Waals surface area (Å²) in [7, 11) is 0. The highest BCUT2D eigenvalue weighted by molar-refractivity contribution is 5.50. The van der Waals surface area contributed by atoms with E-state index in [1.807, 2.05) is 0 Å². The first-order valence-corrected chi connectivity index (χ1v) is 14.4. The van der Waals surface area contributed by atoms with Crippen LogP contribution in [0.2, 0.25) is 0 Å². The highest BCUT2D eigenvalue weighted by Crippen LogP contribution is 2.41. The van der Waals surface area contributed by atoms with Crippen LogP contribution in [0.5, 0.6) is 0 Å². The van der Waals surface area contributed by atoms with Gasteiger partial charge in [-0.15, -0.1) is 0 Å². The van der Waals surface area contributed by atoms with Crippen LogP contribution in [0.1, 0.15) is 98.1 Å². The van der Waals surface area contributed by atoms with Crippen molar-refractivity contribution in [1.29, 1.82) is 0 Å². The lowest BCUT2D eigenvalue weighted by Gasteiger charge is -2.32. The Morgan fingerprint density at radius 3 is 0.943 bits per heavy atom. The predicted molar refractivity (Wildman–Crippen MR) is 148 cm³/mol. The third kappa shape index (κ3) is 5.74. The first kappa shape index (κ1) is 23.1. The van der Waals surface area contributed by atoms with Gasteiger partial charge >= 0.3 is 0 Å². The van der Waals surface area contributed by atoms with Crippen molar-refractivity contribution in [1.82, 2.24) is 0 Å². The molecule has 0 bridgehead atoms. The predicted octanol–water partition coefficient (Wildman–Crippen LogP) is 9.07. The van der Waals surface area contributed by atoms with E-state index in [9.17, 15) is 0 Å². The third-order valence-electron chi connectivity index (χ3n) is 9.21. The summed E-state index contributed by atoms with van der Waals surface area (Å²) in [4.78, 5) is 0. The molecule has 3 aromatic rings. The molecule has 0 heterocycles. The van der Waals surface area contributed by atoms with Gasteiger partial charge in [0.2, 0.25) is 0 Å². The SMILES string of the molecule is CC(c1ccc(CCC2CC2)cc1)(c1ccc(CCC2CC2)cc1)c1ccc(CCC2CC2)cc1. The zero-order valence-corrected chi connectivity index (χ0v) is 21.6. The minimum Gasteiger partial charge on any atom is -0.0587 e. The number of hydrogen-bond donors (Lipinski definition) is 0. The number of aryl methyl sites for hydroxylation is 3. The Labute approximate surface area is 213 Å². The van der Waals surface area contributed by atoms with E-state index in [1.165, 1.54) is 110 Å². The van der Waals surface area contributed by atoms with Crippen molar-refractivity contribution in [2.75, 3.05) is 0 Å². The van der Waals surface area contributed by atoms with Crippen LogP contribution >= 0.6 is 0 Å². The standard InChI is InChI=1S/C35H42/c1-35(32-20-14-29(15-21-32)11-8-26-2-3-26,33-22-16-30(17-23-33)12-9-27-4-5-27)34-24-18-31(19-25-34)13-10-28-6-7-28/h14-28H,2-13H2,1H3. The lowest BCUT2D eigenvalue weighted by molar-refractivity contribution is 0.685. The second-order valence-electron chi connectivity index (χ2n) is 12.2. The van der Waals surface area contributed by atoms with E-state index in [2.05, 4.69) is 79.7 Å². The molecule has 0 aromatic heterocycles. The van der Waals surface area contributed by atoms with Gasteiger partial charge in [-0.2, -0.15) is 0 Å². The molecule has 0 amide bonds. The fourth-order valence-corrected chi connectivity index (χ4v) is 5.85. The van der Waals surface area contributed by atoms with Crippen molar-refractivity contribution in [3.8, 4) is 0 Å². The molecule has 3 aliphatic rings. The minimum atomic E-state index is -0.140. The zero-order chi connectivity index (χ0) is 23.7. The molecule has 0 nitrogen and oxygen atoms in total. The first-order valence-electron chi connectivity index (χ1n) is 14.4. The normalized spacial score (nSPS) is 18.1. The summed E-state index contributed by atoms with van der Waals surface area (Å²) in [5.74, 6) is 2.99. The largest absolute Gasteiger partial charge is 0.0587 e. The molecule has 0 aliphatic heterocycles. The molecule has 0 N–H and O–H groups in total. The third-order valence-corrected chi connectivity index (χ3v) is 9.21. The number of benzene rings is 3. The summed E-state index contributed by atoms with van der Waals surface area (Å²) in [5, 5.41) is 0. The van der Waals surface area contributed by atoms with E-state index in [0.29, 0.717) is 0 Å². The zero-order valence-electron chi connectivity index (χ0n) is 21.6. The highest BCUT2D eigenvalue weighted by Gasteiger charge is 2.31. The van der Waals surface area contributed by atoms with Gasteiger partial charge < -0.3 is 0 Å². The summed E-state index contributed by atoms with van der Waals surface area (Å²) in [6, 6.07) is 28.8. The van der Waals surface area contributed by atoms with Crippen LogP contribution in [0.3, 0.4) is 0 Å². The molecule has 0 radical (unpaired) electrons. The molecule has 3 aromatic carbocycles. The average Bonchev–Trinajstić information content (AvgIpc) is 3.76. The molecule has 0 heteroatoms. The Hall–Kier alpha value is -2.34. The van der Waals surface area contributed by atoms with E-state index in [1.54, 1.807) is 0 Å². The summed E-state index contributed by atoms with van der Waals surface area (Å²) in [5.41, 5.74) is 8.56. The van der Waals surface area contributed by atoms with Crippen molar-refractivity contribution in [2.45, 2.75) is 89.4 Å². The second kappa shape index (κ2) is 9.96. The van der Waals surface area contributed by atoms with E-state index < -0.39 is 0 Å². The maximum Gasteiger partial charge on any atom is 0.0423 e. The lowest BCUT2D eigenvalue weighted by Crippen LogP contribution is -2.25. The average molecular weight is 463 g/mol. The van der Waals surface area contributed by atoms with E-state index in [0.717, 1.165) is 17.8 Å². The van der Waals surface area contributed by atoms with Crippen LogP contribution in [-0.2, 0) is 24.7 Å². The molecule has 0 atom stereocenters. The molecule has 0 unspecified atom stereocenters. The van der Waals surface area contributed by atoms with Crippen molar-refractivity contribution in [3.63, 3.8) is 0 Å². The quantitative estimate of drug-likeness (QED) is 0.235. The molecule has 3 aliphatic carbocycles. The maximum absolute atomic E-state index is 2.44. The first-order chi connectivity index (χ1) is 17.2. The molecule has 3 fully saturated rings. The number of rotatable bonds is 12. The number of hydrogen-bond acceptors (Lipinski definition) is 0. The van der Waals surface area contributed by atoms with Gasteiger partial charge in [0.05, 0.1) is 0 Å². The van der Waals surface area contributed by atoms with Gasteiger partial charge in [0.25, 0.3) is 0 Å². The summed E-state index contributed by atoms with van der Waals surface area (Å²) < 4.78 is 0. The van der Waals surface area contributed by atoms with E-state index in [4.69, 9.17) is 0 Å². The molecule has 6 rings (SSSR count). The summed E-state index contributed by atoms with van der Waals surface area (Å²) >= 11 is 0. The molecular weight excluding hydrogens is 420 g/mol. The fraction of sp³-hybridized carbons (Fsp3) is 0.486. The van der Waals surface area contributed by atoms with Gasteiger partial charge in [0, 0.05) is 5.41 Å². The van der Waals surface area contributed by atoms with Crippen molar-refractivity contribution in [2.24, 2.45) is 17.8 Å². The fourth-order valence-electron chi connectivity index (χ4n) is 5.85. The second-order valence-corrected chi connectivity index (χ2v) is 12.2. The molecule has 0 spiro atoms. The van der Waals surface area contributed by atoms with Gasteiger partial charge in [-0.05, 0) is 96.6 Å². The minimum absolute atomic E-state index is 0.140. The Bertz CT molecular complexity index is 946. The van der Waals surface area contributed by atoms with Gasteiger partial charge in [-0.3, -0.25) is 0 Å². The summed E-state index contributed by atoms with van der Waals surface area (Å²) in [6.07, 6.45) is 16.5. The Kier molecular flexibility index (Phi) is 6.57. The molecule has 35 heavy (non-hydrogen) atoms. The smallest absolute Gasteiger partial charge is 0.0423 e. The lowest BCUT2D eigenvalue weighted by atomic mass is 9.70. The topological polar surface area (TPSA) is 0 Å². The van der Waals surface area contributed by atoms with E-state index in [-0.39, 0.29) is 5.41 Å². The van der Waals surface area contributed by atoms with Gasteiger partial charge in [-0.25, -0.2) is 0 Å². The van der Waals surface area contributed by atoms with Crippen LogP contribution in [0.25, 0.3) is 0 Å². The molecule has 182 valence electrons. The Morgan fingerprint density at radius 2 is 0.714 bits per heavy atom. The van der Waals surface area contributed by atoms with E-state index >= 15 is 0 Å². The van der Waals surface area contributed by atoms with Gasteiger partial charge in [0.1, 0.15) is 0 Å². The van der Waals surface area contributed by atoms with Gasteiger partial charge in [-0.1, -0.05) is 111 Å². The monoisotopic (exact) mass is 462 g/mol. The summed E-state index contributed by atoms with van der Waals surface area (Å²) in [6.45, 7) is 2.44. The molecule has 0 saturated heterocycles. The Balaban J connectivity index is 1.26. The van der Waals surface area contributed by atoms with Crippen LogP contribution in [0.4, 0.5) is 0 Å². The van der Waals surface area contributed by atoms with Crippen molar-refractivity contribution >= 4 is 0 Å². The maximum atomic E-state index is 2.44. The van der Waals surface area contributed by atoms with Crippen molar-refractivity contribution in [3.05, 3.63) is 106 Å². The van der Waals surface area contributed by atoms with Crippen LogP contribution in [0, 0.1) is 17.8 Å². The van der Waals surface area contributed by atoms with Crippen molar-refractivity contribution < 1.29 is 0 Å².